The maximum atomic E-state index is 5.13. The Hall–Kier alpha value is -3.04. The Morgan fingerprint density at radius 1 is 1.03 bits per heavy atom. The Labute approximate surface area is 188 Å². The number of hydrogen-bond donors (Lipinski definition) is 0. The molecule has 9 heteroatoms. The van der Waals surface area contributed by atoms with Crippen LogP contribution in [0.5, 0.6) is 5.88 Å². The van der Waals surface area contributed by atoms with Crippen molar-refractivity contribution in [1.29, 1.82) is 0 Å². The first-order chi connectivity index (χ1) is 15.2. The fourth-order valence-corrected chi connectivity index (χ4v) is 4.32. The van der Waals surface area contributed by atoms with Gasteiger partial charge in [-0.15, -0.1) is 10.2 Å². The van der Waals surface area contributed by atoms with E-state index in [-0.39, 0.29) is 0 Å². The Bertz CT molecular complexity index is 1170. The molecule has 1 aliphatic rings. The molecule has 4 aromatic heterocycles. The SMILES string of the molecule is COc1ccc(CN2CCN(c3ccc(-c4cc(Br)cn5cnnc45)cn3)CC2)cn1. The second-order valence-corrected chi connectivity index (χ2v) is 8.43. The number of anilines is 1. The molecule has 31 heavy (non-hydrogen) atoms. The van der Waals surface area contributed by atoms with Gasteiger partial charge >= 0.3 is 0 Å². The summed E-state index contributed by atoms with van der Waals surface area (Å²) in [5, 5.41) is 8.25. The summed E-state index contributed by atoms with van der Waals surface area (Å²) in [5.74, 6) is 1.65. The van der Waals surface area contributed by atoms with E-state index in [1.54, 1.807) is 13.4 Å². The van der Waals surface area contributed by atoms with Gasteiger partial charge in [0.15, 0.2) is 5.65 Å². The summed E-state index contributed by atoms with van der Waals surface area (Å²) in [4.78, 5) is 13.8. The van der Waals surface area contributed by atoms with Gasteiger partial charge in [0.2, 0.25) is 5.88 Å². The topological polar surface area (TPSA) is 71.7 Å². The van der Waals surface area contributed by atoms with Gasteiger partial charge in [0.1, 0.15) is 12.1 Å². The van der Waals surface area contributed by atoms with E-state index in [1.165, 1.54) is 5.56 Å². The van der Waals surface area contributed by atoms with Crippen molar-refractivity contribution in [3.63, 3.8) is 0 Å². The van der Waals surface area contributed by atoms with Crippen molar-refractivity contribution >= 4 is 27.4 Å². The highest BCUT2D eigenvalue weighted by molar-refractivity contribution is 9.10. The number of methoxy groups -OCH3 is 1. The van der Waals surface area contributed by atoms with Crippen molar-refractivity contribution in [3.8, 4) is 17.0 Å². The molecule has 1 fully saturated rings. The van der Waals surface area contributed by atoms with E-state index in [4.69, 9.17) is 9.72 Å². The Morgan fingerprint density at radius 2 is 1.90 bits per heavy atom. The largest absolute Gasteiger partial charge is 0.481 e. The molecule has 0 aliphatic carbocycles. The molecule has 158 valence electrons. The van der Waals surface area contributed by atoms with Crippen LogP contribution in [0.4, 0.5) is 5.82 Å². The number of nitrogens with zero attached hydrogens (tertiary/aromatic N) is 7. The average molecular weight is 480 g/mol. The van der Waals surface area contributed by atoms with Gasteiger partial charge in [0, 0.05) is 73.0 Å². The number of pyridine rings is 3. The van der Waals surface area contributed by atoms with Crippen molar-refractivity contribution in [3.05, 3.63) is 65.3 Å². The third kappa shape index (κ3) is 4.24. The summed E-state index contributed by atoms with van der Waals surface area (Å²) in [7, 11) is 1.63. The number of rotatable bonds is 5. The van der Waals surface area contributed by atoms with Gasteiger partial charge in [-0.3, -0.25) is 9.30 Å². The van der Waals surface area contributed by atoms with E-state index in [0.29, 0.717) is 5.88 Å². The van der Waals surface area contributed by atoms with E-state index >= 15 is 0 Å². The first kappa shape index (κ1) is 19.9. The minimum absolute atomic E-state index is 0.649. The lowest BCUT2D eigenvalue weighted by Gasteiger charge is -2.35. The molecule has 0 bridgehead atoms. The molecule has 5 rings (SSSR count). The molecule has 0 N–H and O–H groups in total. The zero-order valence-corrected chi connectivity index (χ0v) is 18.7. The minimum atomic E-state index is 0.649. The predicted octanol–water partition coefficient (Wildman–Crippen LogP) is 3.28. The second-order valence-electron chi connectivity index (χ2n) is 7.51. The van der Waals surface area contributed by atoms with Gasteiger partial charge in [-0.1, -0.05) is 6.07 Å². The maximum absolute atomic E-state index is 5.13. The molecule has 5 heterocycles. The van der Waals surface area contributed by atoms with Crippen LogP contribution >= 0.6 is 15.9 Å². The highest BCUT2D eigenvalue weighted by atomic mass is 79.9. The quantitative estimate of drug-likeness (QED) is 0.434. The minimum Gasteiger partial charge on any atom is -0.481 e. The van der Waals surface area contributed by atoms with Crippen molar-refractivity contribution in [2.45, 2.75) is 6.54 Å². The van der Waals surface area contributed by atoms with E-state index in [1.807, 2.05) is 35.1 Å². The molecule has 0 saturated carbocycles. The summed E-state index contributed by atoms with van der Waals surface area (Å²) in [6.07, 6.45) is 7.45. The Morgan fingerprint density at radius 3 is 2.61 bits per heavy atom. The maximum Gasteiger partial charge on any atom is 0.212 e. The smallest absolute Gasteiger partial charge is 0.212 e. The molecule has 0 radical (unpaired) electrons. The third-order valence-electron chi connectivity index (χ3n) is 5.53. The van der Waals surface area contributed by atoms with Crippen LogP contribution < -0.4 is 9.64 Å². The number of hydrogen-bond acceptors (Lipinski definition) is 7. The highest BCUT2D eigenvalue weighted by Gasteiger charge is 2.18. The lowest BCUT2D eigenvalue weighted by Crippen LogP contribution is -2.46. The standard InChI is InChI=1S/C22H22BrN7O/c1-31-21-5-2-16(11-25-21)13-28-6-8-29(9-7-28)20-4-3-17(12-24-20)19-10-18(23)14-30-15-26-27-22(19)30/h2-5,10-12,14-15H,6-9,13H2,1H3. The summed E-state index contributed by atoms with van der Waals surface area (Å²) in [6.45, 7) is 4.76. The van der Waals surface area contributed by atoms with Crippen LogP contribution in [0.2, 0.25) is 0 Å². The van der Waals surface area contributed by atoms with Crippen LogP contribution in [0.3, 0.4) is 0 Å². The van der Waals surface area contributed by atoms with E-state index in [2.05, 4.69) is 59.1 Å². The summed E-state index contributed by atoms with van der Waals surface area (Å²) < 4.78 is 8.01. The van der Waals surface area contributed by atoms with Gasteiger partial charge in [-0.2, -0.15) is 0 Å². The van der Waals surface area contributed by atoms with Gasteiger partial charge < -0.3 is 9.64 Å². The van der Waals surface area contributed by atoms with Crippen molar-refractivity contribution in [2.24, 2.45) is 0 Å². The Kier molecular flexibility index (Phi) is 5.52. The molecule has 1 aliphatic heterocycles. The lowest BCUT2D eigenvalue weighted by atomic mass is 10.1. The molecule has 0 aromatic carbocycles. The van der Waals surface area contributed by atoms with Crippen molar-refractivity contribution < 1.29 is 4.74 Å². The molecule has 1 saturated heterocycles. The van der Waals surface area contributed by atoms with Crippen molar-refractivity contribution in [2.75, 3.05) is 38.2 Å². The average Bonchev–Trinajstić information content (AvgIpc) is 3.28. The normalized spacial score (nSPS) is 14.8. The van der Waals surface area contributed by atoms with E-state index < -0.39 is 0 Å². The molecule has 8 nitrogen and oxygen atoms in total. The Balaban J connectivity index is 1.24. The number of piperazine rings is 1. The van der Waals surface area contributed by atoms with Crippen LogP contribution in [0, 0.1) is 0 Å². The van der Waals surface area contributed by atoms with Gasteiger partial charge in [0.25, 0.3) is 0 Å². The van der Waals surface area contributed by atoms with Crippen LogP contribution in [-0.4, -0.2) is 62.8 Å². The van der Waals surface area contributed by atoms with Gasteiger partial charge in [-0.25, -0.2) is 9.97 Å². The monoisotopic (exact) mass is 479 g/mol. The van der Waals surface area contributed by atoms with Crippen molar-refractivity contribution in [1.82, 2.24) is 29.5 Å². The van der Waals surface area contributed by atoms with Gasteiger partial charge in [-0.05, 0) is 39.7 Å². The summed E-state index contributed by atoms with van der Waals surface area (Å²) in [5.41, 5.74) is 4.04. The van der Waals surface area contributed by atoms with Crippen LogP contribution in [0.1, 0.15) is 5.56 Å². The first-order valence-electron chi connectivity index (χ1n) is 10.1. The molecule has 0 amide bonds. The molecular weight excluding hydrogens is 458 g/mol. The second kappa shape index (κ2) is 8.60. The highest BCUT2D eigenvalue weighted by Crippen LogP contribution is 2.27. The zero-order valence-electron chi connectivity index (χ0n) is 17.1. The van der Waals surface area contributed by atoms with E-state index in [0.717, 1.165) is 59.8 Å². The molecule has 0 spiro atoms. The van der Waals surface area contributed by atoms with Gasteiger partial charge in [0.05, 0.1) is 7.11 Å². The molecule has 0 unspecified atom stereocenters. The number of halogens is 1. The zero-order chi connectivity index (χ0) is 21.2. The molecule has 0 atom stereocenters. The van der Waals surface area contributed by atoms with Crippen LogP contribution in [0.25, 0.3) is 16.8 Å². The fourth-order valence-electron chi connectivity index (χ4n) is 3.87. The molecular formula is C22H22BrN7O. The number of fused-ring (bicyclic) bond motifs is 1. The van der Waals surface area contributed by atoms with E-state index in [9.17, 15) is 0 Å². The first-order valence-corrected chi connectivity index (χ1v) is 10.9. The molecule has 4 aromatic rings. The predicted molar refractivity (Wildman–Crippen MR) is 122 cm³/mol. The summed E-state index contributed by atoms with van der Waals surface area (Å²) in [6, 6.07) is 10.2. The van der Waals surface area contributed by atoms with Crippen LogP contribution in [0.15, 0.2) is 59.7 Å². The third-order valence-corrected chi connectivity index (χ3v) is 5.96. The van der Waals surface area contributed by atoms with Crippen LogP contribution in [-0.2, 0) is 6.54 Å². The number of ether oxygens (including phenoxy) is 1. The fraction of sp³-hybridized carbons (Fsp3) is 0.273. The summed E-state index contributed by atoms with van der Waals surface area (Å²) >= 11 is 3.56. The lowest BCUT2D eigenvalue weighted by molar-refractivity contribution is 0.249. The number of aromatic nitrogens is 5.